The summed E-state index contributed by atoms with van der Waals surface area (Å²) in [5, 5.41) is 3.61. The van der Waals surface area contributed by atoms with E-state index in [4.69, 9.17) is 27.9 Å². The molecule has 2 unspecified atom stereocenters. The van der Waals surface area contributed by atoms with E-state index >= 15 is 0 Å². The van der Waals surface area contributed by atoms with Crippen molar-refractivity contribution in [2.45, 2.75) is 38.8 Å². The summed E-state index contributed by atoms with van der Waals surface area (Å²) in [4.78, 5) is 44.2. The number of piperazine rings is 1. The first-order valence-corrected chi connectivity index (χ1v) is 12.4. The minimum absolute atomic E-state index is 0.0575. The van der Waals surface area contributed by atoms with Crippen LogP contribution < -0.4 is 5.32 Å². The summed E-state index contributed by atoms with van der Waals surface area (Å²) in [5.74, 6) is -0.0595. The van der Waals surface area contributed by atoms with Gasteiger partial charge in [0.1, 0.15) is 0 Å². The molecule has 1 N–H and O–H groups in total. The van der Waals surface area contributed by atoms with E-state index in [0.717, 1.165) is 12.8 Å². The monoisotopic (exact) mass is 508 g/mol. The molecule has 0 bridgehead atoms. The summed E-state index contributed by atoms with van der Waals surface area (Å²) in [7, 11) is 1.64. The fraction of sp³-hybridized carbons (Fsp3) is 0.542. The van der Waals surface area contributed by atoms with Crippen molar-refractivity contribution in [1.82, 2.24) is 20.0 Å². The molecule has 2 fully saturated rings. The highest BCUT2D eigenvalue weighted by molar-refractivity contribution is 6.42. The predicted molar refractivity (Wildman–Crippen MR) is 129 cm³/mol. The van der Waals surface area contributed by atoms with E-state index in [9.17, 15) is 14.4 Å². The van der Waals surface area contributed by atoms with Crippen LogP contribution in [-0.2, 0) is 14.3 Å². The number of esters is 1. The number of nitrogens with one attached hydrogen (secondary N) is 1. The molecule has 1 aliphatic carbocycles. The van der Waals surface area contributed by atoms with Crippen LogP contribution in [0.3, 0.4) is 0 Å². The van der Waals surface area contributed by atoms with Crippen molar-refractivity contribution in [3.8, 4) is 0 Å². The fourth-order valence-corrected chi connectivity index (χ4v) is 4.93. The minimum atomic E-state index is -0.720. The smallest absolute Gasteiger partial charge is 0.338 e. The molecular weight excluding hydrogens is 479 g/mol. The number of hydrogen-bond acceptors (Lipinski definition) is 5. The largest absolute Gasteiger partial charge is 0.463 e. The molecule has 3 amide bonds. The van der Waals surface area contributed by atoms with Crippen LogP contribution in [-0.4, -0.2) is 78.5 Å². The molecule has 0 radical (unpaired) electrons. The molecule has 1 saturated carbocycles. The second kappa shape index (κ2) is 10.1. The highest BCUT2D eigenvalue weighted by Crippen LogP contribution is 2.35. The quantitative estimate of drug-likeness (QED) is 0.595. The van der Waals surface area contributed by atoms with E-state index in [1.807, 2.05) is 11.8 Å². The Bertz CT molecular complexity index is 1030. The van der Waals surface area contributed by atoms with Crippen LogP contribution in [0.2, 0.25) is 10.0 Å². The third kappa shape index (κ3) is 5.04. The van der Waals surface area contributed by atoms with Crippen molar-refractivity contribution in [2.75, 3.05) is 39.8 Å². The van der Waals surface area contributed by atoms with E-state index in [0.29, 0.717) is 53.1 Å². The maximum absolute atomic E-state index is 13.1. The summed E-state index contributed by atoms with van der Waals surface area (Å²) in [5.41, 5.74) is 1.59. The van der Waals surface area contributed by atoms with Gasteiger partial charge in [0.2, 0.25) is 5.91 Å². The number of benzene rings is 1. The molecule has 0 spiro atoms. The van der Waals surface area contributed by atoms with Crippen molar-refractivity contribution in [3.63, 3.8) is 0 Å². The molecule has 34 heavy (non-hydrogen) atoms. The van der Waals surface area contributed by atoms with Crippen molar-refractivity contribution in [1.29, 1.82) is 0 Å². The molecule has 8 nitrogen and oxygen atoms in total. The van der Waals surface area contributed by atoms with Crippen molar-refractivity contribution in [2.24, 2.45) is 5.92 Å². The van der Waals surface area contributed by atoms with E-state index in [1.54, 1.807) is 32.2 Å². The number of ether oxygens (including phenoxy) is 1. The number of hydrogen-bond donors (Lipinski definition) is 1. The van der Waals surface area contributed by atoms with Crippen LogP contribution >= 0.6 is 23.2 Å². The minimum Gasteiger partial charge on any atom is -0.463 e. The highest BCUT2D eigenvalue weighted by Gasteiger charge is 2.40. The summed E-state index contributed by atoms with van der Waals surface area (Å²) in [6.45, 7) is 6.33. The Morgan fingerprint density at radius 1 is 1.18 bits per heavy atom. The Balaban J connectivity index is 1.64. The Morgan fingerprint density at radius 2 is 1.91 bits per heavy atom. The summed E-state index contributed by atoms with van der Waals surface area (Å²) in [6.07, 6.45) is 1.97. The average Bonchev–Trinajstić information content (AvgIpc) is 3.64. The van der Waals surface area contributed by atoms with Crippen molar-refractivity contribution in [3.05, 3.63) is 45.1 Å². The zero-order valence-corrected chi connectivity index (χ0v) is 21.2. The molecule has 2 atom stereocenters. The standard InChI is InChI=1S/C24H30Cl2N4O4/c1-4-34-23(32)20-19(13-29-9-10-30(14(2)12-29)22(31)15-5-6-15)28(3)24(33)27-21(20)16-7-8-17(25)18(26)11-16/h7-8,11,14-15,21H,4-6,9-10,12-13H2,1-3H3,(H,27,33). The Morgan fingerprint density at radius 3 is 2.53 bits per heavy atom. The molecular formula is C24H30Cl2N4O4. The fourth-order valence-electron chi connectivity index (χ4n) is 4.62. The Kier molecular flexibility index (Phi) is 7.40. The topological polar surface area (TPSA) is 82.2 Å². The second-order valence-corrected chi connectivity index (χ2v) is 9.90. The van der Waals surface area contributed by atoms with Gasteiger partial charge >= 0.3 is 12.0 Å². The van der Waals surface area contributed by atoms with Gasteiger partial charge in [0.15, 0.2) is 0 Å². The van der Waals surface area contributed by atoms with Gasteiger partial charge in [-0.3, -0.25) is 14.6 Å². The molecule has 184 valence electrons. The zero-order valence-electron chi connectivity index (χ0n) is 19.6. The highest BCUT2D eigenvalue weighted by atomic mass is 35.5. The molecule has 3 aliphatic rings. The maximum atomic E-state index is 13.1. The van der Waals surface area contributed by atoms with Gasteiger partial charge in [-0.2, -0.15) is 0 Å². The molecule has 2 heterocycles. The molecule has 1 aromatic carbocycles. The SMILES string of the molecule is CCOC(=O)C1=C(CN2CCN(C(=O)C3CC3)C(C)C2)N(C)C(=O)NC1c1ccc(Cl)c(Cl)c1. The van der Waals surface area contributed by atoms with Crippen LogP contribution in [0.25, 0.3) is 0 Å². The van der Waals surface area contributed by atoms with E-state index in [2.05, 4.69) is 10.2 Å². The van der Waals surface area contributed by atoms with E-state index in [-0.39, 0.29) is 30.5 Å². The lowest BCUT2D eigenvalue weighted by Gasteiger charge is -2.42. The van der Waals surface area contributed by atoms with Gasteiger partial charge in [-0.15, -0.1) is 0 Å². The normalized spacial score (nSPS) is 23.7. The average molecular weight is 509 g/mol. The number of amides is 3. The lowest BCUT2D eigenvalue weighted by Crippen LogP contribution is -2.56. The van der Waals surface area contributed by atoms with Gasteiger partial charge in [-0.25, -0.2) is 9.59 Å². The lowest BCUT2D eigenvalue weighted by atomic mass is 9.94. The first-order chi connectivity index (χ1) is 16.2. The van der Waals surface area contributed by atoms with Gasteiger partial charge in [0, 0.05) is 50.9 Å². The van der Waals surface area contributed by atoms with Gasteiger partial charge < -0.3 is 15.0 Å². The predicted octanol–water partition coefficient (Wildman–Crippen LogP) is 3.45. The van der Waals surface area contributed by atoms with Crippen molar-refractivity contribution < 1.29 is 19.1 Å². The second-order valence-electron chi connectivity index (χ2n) is 9.09. The van der Waals surface area contributed by atoms with Gasteiger partial charge in [-0.05, 0) is 44.4 Å². The first kappa shape index (κ1) is 24.8. The van der Waals surface area contributed by atoms with Gasteiger partial charge in [-0.1, -0.05) is 29.3 Å². The number of rotatable bonds is 6. The number of likely N-dealkylation sites (N-methyl/N-ethyl adjacent to an activating group) is 1. The number of carbonyl (C=O) groups is 3. The molecule has 2 aliphatic heterocycles. The number of nitrogens with zero attached hydrogens (tertiary/aromatic N) is 3. The molecule has 1 aromatic rings. The zero-order chi connectivity index (χ0) is 24.6. The molecule has 4 rings (SSSR count). The van der Waals surface area contributed by atoms with Crippen LogP contribution in [0.4, 0.5) is 4.79 Å². The summed E-state index contributed by atoms with van der Waals surface area (Å²) >= 11 is 12.3. The summed E-state index contributed by atoms with van der Waals surface area (Å²) < 4.78 is 5.39. The maximum Gasteiger partial charge on any atom is 0.338 e. The van der Waals surface area contributed by atoms with Crippen LogP contribution in [0.1, 0.15) is 38.3 Å². The lowest BCUT2D eigenvalue weighted by molar-refractivity contribution is -0.139. The number of carbonyl (C=O) groups excluding carboxylic acids is 3. The molecule has 1 saturated heterocycles. The summed E-state index contributed by atoms with van der Waals surface area (Å²) in [6, 6.07) is 4.05. The van der Waals surface area contributed by atoms with Gasteiger partial charge in [0.05, 0.1) is 28.3 Å². The van der Waals surface area contributed by atoms with Gasteiger partial charge in [0.25, 0.3) is 0 Å². The van der Waals surface area contributed by atoms with Crippen molar-refractivity contribution >= 4 is 41.1 Å². The van der Waals surface area contributed by atoms with Crippen LogP contribution in [0.15, 0.2) is 29.5 Å². The molecule has 0 aromatic heterocycles. The van der Waals surface area contributed by atoms with Crippen LogP contribution in [0.5, 0.6) is 0 Å². The van der Waals surface area contributed by atoms with E-state index in [1.165, 1.54) is 4.90 Å². The van der Waals surface area contributed by atoms with Crippen LogP contribution in [0, 0.1) is 5.92 Å². The first-order valence-electron chi connectivity index (χ1n) is 11.6. The Labute approximate surface area is 209 Å². The number of halogens is 2. The molecule has 10 heteroatoms. The number of urea groups is 1. The third-order valence-corrected chi connectivity index (χ3v) is 7.38. The third-order valence-electron chi connectivity index (χ3n) is 6.64. The van der Waals surface area contributed by atoms with E-state index < -0.39 is 12.0 Å². The Hall–Kier alpha value is -2.29.